The van der Waals surface area contributed by atoms with Crippen LogP contribution in [0, 0.1) is 5.92 Å². The lowest BCUT2D eigenvalue weighted by Gasteiger charge is -2.26. The molecule has 0 aliphatic carbocycles. The van der Waals surface area contributed by atoms with E-state index in [4.69, 9.17) is 4.74 Å². The van der Waals surface area contributed by atoms with Crippen molar-refractivity contribution in [3.8, 4) is 0 Å². The highest BCUT2D eigenvalue weighted by Crippen LogP contribution is 2.16. The molecule has 1 rings (SSSR count). The Labute approximate surface area is 118 Å². The molecule has 0 aromatic heterocycles. The lowest BCUT2D eigenvalue weighted by molar-refractivity contribution is -0.155. The molecular weight excluding hydrogens is 238 g/mol. The molecule has 0 aromatic rings. The van der Waals surface area contributed by atoms with E-state index in [1.807, 2.05) is 20.8 Å². The molecule has 0 aromatic carbocycles. The maximum Gasteiger partial charge on any atom is 0.306 e. The zero-order chi connectivity index (χ0) is 14.3. The van der Waals surface area contributed by atoms with Crippen LogP contribution in [0.4, 0.5) is 0 Å². The molecule has 0 amide bonds. The lowest BCUT2D eigenvalue weighted by atomic mass is 10.0. The average Bonchev–Trinajstić information content (AvgIpc) is 2.27. The van der Waals surface area contributed by atoms with Gasteiger partial charge >= 0.3 is 5.97 Å². The first-order valence-corrected chi connectivity index (χ1v) is 7.81. The van der Waals surface area contributed by atoms with Crippen LogP contribution in [0.3, 0.4) is 0 Å². The average molecular weight is 269 g/mol. The Balaban J connectivity index is 2.10. The van der Waals surface area contributed by atoms with E-state index in [-0.39, 0.29) is 11.6 Å². The number of piperidine rings is 1. The van der Waals surface area contributed by atoms with Crippen molar-refractivity contribution in [1.82, 2.24) is 4.90 Å². The van der Waals surface area contributed by atoms with E-state index in [0.29, 0.717) is 12.3 Å². The second-order valence-corrected chi connectivity index (χ2v) is 6.94. The van der Waals surface area contributed by atoms with Crippen molar-refractivity contribution in [3.05, 3.63) is 0 Å². The van der Waals surface area contributed by atoms with Crippen LogP contribution in [0.15, 0.2) is 0 Å². The number of hydrogen-bond donors (Lipinski definition) is 0. The highest BCUT2D eigenvalue weighted by Gasteiger charge is 2.18. The molecule has 0 saturated carbocycles. The number of carbonyl (C=O) groups is 1. The van der Waals surface area contributed by atoms with Crippen LogP contribution >= 0.6 is 0 Å². The molecule has 19 heavy (non-hydrogen) atoms. The molecule has 3 nitrogen and oxygen atoms in total. The van der Waals surface area contributed by atoms with Crippen LogP contribution in [-0.4, -0.2) is 36.1 Å². The summed E-state index contributed by atoms with van der Waals surface area (Å²) in [4.78, 5) is 14.3. The van der Waals surface area contributed by atoms with Gasteiger partial charge in [-0.15, -0.1) is 0 Å². The van der Waals surface area contributed by atoms with Gasteiger partial charge in [-0.25, -0.2) is 0 Å². The highest BCUT2D eigenvalue weighted by molar-refractivity contribution is 5.70. The number of carbonyl (C=O) groups excluding carboxylic acids is 1. The first kappa shape index (κ1) is 16.5. The van der Waals surface area contributed by atoms with Gasteiger partial charge in [0.15, 0.2) is 0 Å². The van der Waals surface area contributed by atoms with Crippen LogP contribution < -0.4 is 0 Å². The standard InChI is InChI=1S/C16H31NO2/c1-14(13-15(18)19-16(2,3)4)9-8-12-17-10-6-5-7-11-17/h14H,5-13H2,1-4H3. The summed E-state index contributed by atoms with van der Waals surface area (Å²) in [6.45, 7) is 11.6. The quantitative estimate of drug-likeness (QED) is 0.690. The molecule has 1 saturated heterocycles. The van der Waals surface area contributed by atoms with Crippen LogP contribution in [0.25, 0.3) is 0 Å². The number of rotatable bonds is 6. The SMILES string of the molecule is CC(CCCN1CCCCC1)CC(=O)OC(C)(C)C. The Hall–Kier alpha value is -0.570. The fourth-order valence-corrected chi connectivity index (χ4v) is 2.62. The Morgan fingerprint density at radius 2 is 1.84 bits per heavy atom. The topological polar surface area (TPSA) is 29.5 Å². The van der Waals surface area contributed by atoms with Crippen molar-refractivity contribution in [3.63, 3.8) is 0 Å². The zero-order valence-corrected chi connectivity index (χ0v) is 13.2. The summed E-state index contributed by atoms with van der Waals surface area (Å²) >= 11 is 0. The van der Waals surface area contributed by atoms with Crippen LogP contribution in [0.5, 0.6) is 0 Å². The molecule has 1 atom stereocenters. The summed E-state index contributed by atoms with van der Waals surface area (Å²) < 4.78 is 5.36. The second kappa shape index (κ2) is 7.88. The molecule has 0 radical (unpaired) electrons. The van der Waals surface area contributed by atoms with E-state index in [2.05, 4.69) is 11.8 Å². The summed E-state index contributed by atoms with van der Waals surface area (Å²) in [5, 5.41) is 0. The van der Waals surface area contributed by atoms with Gasteiger partial charge in [0.25, 0.3) is 0 Å². The molecule has 0 bridgehead atoms. The predicted octanol–water partition coefficient (Wildman–Crippen LogP) is 3.62. The second-order valence-electron chi connectivity index (χ2n) is 6.94. The predicted molar refractivity (Wildman–Crippen MR) is 79.2 cm³/mol. The summed E-state index contributed by atoms with van der Waals surface area (Å²) in [6, 6.07) is 0. The van der Waals surface area contributed by atoms with Gasteiger partial charge in [0.05, 0.1) is 0 Å². The molecule has 1 aliphatic heterocycles. The first-order valence-electron chi connectivity index (χ1n) is 7.81. The van der Waals surface area contributed by atoms with Gasteiger partial charge in [0, 0.05) is 6.42 Å². The summed E-state index contributed by atoms with van der Waals surface area (Å²) in [5.41, 5.74) is -0.357. The van der Waals surface area contributed by atoms with E-state index < -0.39 is 0 Å². The smallest absolute Gasteiger partial charge is 0.306 e. The number of hydrogen-bond acceptors (Lipinski definition) is 3. The lowest BCUT2D eigenvalue weighted by Crippen LogP contribution is -2.30. The highest BCUT2D eigenvalue weighted by atomic mass is 16.6. The normalized spacial score (nSPS) is 19.2. The number of ether oxygens (including phenoxy) is 1. The number of likely N-dealkylation sites (tertiary alicyclic amines) is 1. The molecule has 0 N–H and O–H groups in total. The number of nitrogens with zero attached hydrogens (tertiary/aromatic N) is 1. The fourth-order valence-electron chi connectivity index (χ4n) is 2.62. The van der Waals surface area contributed by atoms with Crippen LogP contribution in [-0.2, 0) is 9.53 Å². The fraction of sp³-hybridized carbons (Fsp3) is 0.938. The van der Waals surface area contributed by atoms with E-state index in [0.717, 1.165) is 6.42 Å². The summed E-state index contributed by atoms with van der Waals surface area (Å²) in [6.07, 6.45) is 6.98. The van der Waals surface area contributed by atoms with Gasteiger partial charge in [0.2, 0.25) is 0 Å². The molecule has 3 heteroatoms. The van der Waals surface area contributed by atoms with Crippen molar-refractivity contribution in [2.75, 3.05) is 19.6 Å². The maximum atomic E-state index is 11.7. The van der Waals surface area contributed by atoms with E-state index in [1.165, 1.54) is 45.3 Å². The van der Waals surface area contributed by atoms with Gasteiger partial charge in [-0.3, -0.25) is 4.79 Å². The molecule has 1 aliphatic rings. The largest absolute Gasteiger partial charge is 0.460 e. The third-order valence-electron chi connectivity index (χ3n) is 3.56. The Bertz CT molecular complexity index is 264. The minimum atomic E-state index is -0.357. The minimum absolute atomic E-state index is 0.0574. The minimum Gasteiger partial charge on any atom is -0.460 e. The monoisotopic (exact) mass is 269 g/mol. The van der Waals surface area contributed by atoms with Crippen LogP contribution in [0.2, 0.25) is 0 Å². The van der Waals surface area contributed by atoms with Gasteiger partial charge < -0.3 is 9.64 Å². The summed E-state index contributed by atoms with van der Waals surface area (Å²) in [5.74, 6) is 0.373. The molecule has 112 valence electrons. The Morgan fingerprint density at radius 1 is 1.21 bits per heavy atom. The van der Waals surface area contributed by atoms with E-state index in [9.17, 15) is 4.79 Å². The number of esters is 1. The van der Waals surface area contributed by atoms with Crippen molar-refractivity contribution in [2.24, 2.45) is 5.92 Å². The Morgan fingerprint density at radius 3 is 2.42 bits per heavy atom. The van der Waals surface area contributed by atoms with E-state index >= 15 is 0 Å². The summed E-state index contributed by atoms with van der Waals surface area (Å²) in [7, 11) is 0. The van der Waals surface area contributed by atoms with Crippen molar-refractivity contribution in [1.29, 1.82) is 0 Å². The van der Waals surface area contributed by atoms with Gasteiger partial charge in [0.1, 0.15) is 5.60 Å². The zero-order valence-electron chi connectivity index (χ0n) is 13.2. The van der Waals surface area contributed by atoms with Gasteiger partial charge in [-0.05, 0) is 72.0 Å². The molecule has 0 spiro atoms. The van der Waals surface area contributed by atoms with Crippen molar-refractivity contribution >= 4 is 5.97 Å². The molecule has 1 unspecified atom stereocenters. The van der Waals surface area contributed by atoms with Crippen LogP contribution in [0.1, 0.15) is 66.2 Å². The third-order valence-corrected chi connectivity index (χ3v) is 3.56. The third kappa shape index (κ3) is 8.25. The first-order chi connectivity index (χ1) is 8.87. The molecular formula is C16H31NO2. The maximum absolute atomic E-state index is 11.7. The van der Waals surface area contributed by atoms with E-state index in [1.54, 1.807) is 0 Å². The van der Waals surface area contributed by atoms with Crippen molar-refractivity contribution in [2.45, 2.75) is 71.8 Å². The Kier molecular flexibility index (Phi) is 6.84. The molecule has 1 heterocycles. The van der Waals surface area contributed by atoms with Gasteiger partial charge in [-0.1, -0.05) is 13.3 Å². The molecule has 1 fully saturated rings. The van der Waals surface area contributed by atoms with Crippen molar-refractivity contribution < 1.29 is 9.53 Å². The van der Waals surface area contributed by atoms with Gasteiger partial charge in [-0.2, -0.15) is 0 Å².